The normalized spacial score (nSPS) is 11.2. The second kappa shape index (κ2) is 8.11. The van der Waals surface area contributed by atoms with Gasteiger partial charge in [-0.2, -0.15) is 13.2 Å². The van der Waals surface area contributed by atoms with E-state index in [0.29, 0.717) is 6.54 Å². The highest BCUT2D eigenvalue weighted by molar-refractivity contribution is 7.14. The molecule has 0 saturated carbocycles. The number of alkyl halides is 3. The van der Waals surface area contributed by atoms with E-state index >= 15 is 0 Å². The van der Waals surface area contributed by atoms with Crippen LogP contribution >= 0.6 is 11.3 Å². The predicted molar refractivity (Wildman–Crippen MR) is 88.8 cm³/mol. The van der Waals surface area contributed by atoms with Gasteiger partial charge in [-0.1, -0.05) is 19.4 Å². The first-order chi connectivity index (χ1) is 11.8. The van der Waals surface area contributed by atoms with Gasteiger partial charge in [-0.05, 0) is 24.6 Å². The van der Waals surface area contributed by atoms with Crippen molar-refractivity contribution in [2.45, 2.75) is 25.9 Å². The van der Waals surface area contributed by atoms with Crippen LogP contribution in [0.2, 0.25) is 0 Å². The first-order valence-corrected chi connectivity index (χ1v) is 8.41. The lowest BCUT2D eigenvalue weighted by Crippen LogP contribution is -2.24. The number of anilines is 1. The Morgan fingerprint density at radius 3 is 2.68 bits per heavy atom. The van der Waals surface area contributed by atoms with Crippen LogP contribution in [0.25, 0.3) is 0 Å². The lowest BCUT2D eigenvalue weighted by Gasteiger charge is -2.08. The number of amides is 2. The number of nitrogens with zero attached hydrogens (tertiary/aromatic N) is 1. The standard InChI is InChI=1S/C16H16F3N3O2S/c1-2-3-7-20-14(24)12-9-25-15(21-12)22-13(23)10-5-4-6-11(8-10)16(17,18)19/h4-6,8-9H,2-3,7H2,1H3,(H,20,24)(H,21,22,23). The molecule has 1 aromatic carbocycles. The number of carbonyl (C=O) groups excluding carboxylic acids is 2. The fourth-order valence-electron chi connectivity index (χ4n) is 1.91. The molecule has 9 heteroatoms. The van der Waals surface area contributed by atoms with Gasteiger partial charge in [-0.25, -0.2) is 4.98 Å². The lowest BCUT2D eigenvalue weighted by molar-refractivity contribution is -0.137. The summed E-state index contributed by atoms with van der Waals surface area (Å²) in [6.07, 6.45) is -2.74. The minimum Gasteiger partial charge on any atom is -0.351 e. The molecule has 0 aliphatic carbocycles. The summed E-state index contributed by atoms with van der Waals surface area (Å²) in [5, 5.41) is 6.71. The van der Waals surface area contributed by atoms with E-state index in [9.17, 15) is 22.8 Å². The maximum absolute atomic E-state index is 12.7. The summed E-state index contributed by atoms with van der Waals surface area (Å²) in [6.45, 7) is 2.52. The van der Waals surface area contributed by atoms with Crippen molar-refractivity contribution in [3.8, 4) is 0 Å². The Labute approximate surface area is 146 Å². The van der Waals surface area contributed by atoms with Crippen molar-refractivity contribution >= 4 is 28.3 Å². The number of unbranched alkanes of at least 4 members (excludes halogenated alkanes) is 1. The molecule has 1 heterocycles. The van der Waals surface area contributed by atoms with E-state index in [4.69, 9.17) is 0 Å². The van der Waals surface area contributed by atoms with Crippen molar-refractivity contribution in [2.75, 3.05) is 11.9 Å². The third-order valence-corrected chi connectivity index (χ3v) is 3.98. The average Bonchev–Trinajstić information content (AvgIpc) is 3.03. The van der Waals surface area contributed by atoms with Gasteiger partial charge in [0.15, 0.2) is 5.13 Å². The Bertz CT molecular complexity index is 759. The van der Waals surface area contributed by atoms with Crippen LogP contribution in [-0.2, 0) is 6.18 Å². The molecular formula is C16H16F3N3O2S. The van der Waals surface area contributed by atoms with E-state index in [1.54, 1.807) is 0 Å². The van der Waals surface area contributed by atoms with E-state index in [0.717, 1.165) is 42.4 Å². The number of hydrogen-bond donors (Lipinski definition) is 2. The van der Waals surface area contributed by atoms with Crippen molar-refractivity contribution < 1.29 is 22.8 Å². The summed E-state index contributed by atoms with van der Waals surface area (Å²) in [5.41, 5.74) is -0.894. The summed E-state index contributed by atoms with van der Waals surface area (Å²) in [7, 11) is 0. The first-order valence-electron chi connectivity index (χ1n) is 7.53. The molecule has 0 aliphatic rings. The van der Waals surface area contributed by atoms with Gasteiger partial charge in [0.1, 0.15) is 5.69 Å². The molecule has 0 spiro atoms. The predicted octanol–water partition coefficient (Wildman–Crippen LogP) is 3.94. The molecule has 134 valence electrons. The van der Waals surface area contributed by atoms with Crippen molar-refractivity contribution in [1.82, 2.24) is 10.3 Å². The zero-order valence-corrected chi connectivity index (χ0v) is 14.1. The minimum absolute atomic E-state index is 0.140. The molecule has 0 fully saturated rings. The van der Waals surface area contributed by atoms with Gasteiger partial charge >= 0.3 is 6.18 Å². The summed E-state index contributed by atoms with van der Waals surface area (Å²) < 4.78 is 38.1. The van der Waals surface area contributed by atoms with Gasteiger partial charge in [0.05, 0.1) is 5.56 Å². The van der Waals surface area contributed by atoms with Gasteiger partial charge < -0.3 is 5.32 Å². The summed E-state index contributed by atoms with van der Waals surface area (Å²) in [6, 6.07) is 4.09. The number of thiazole rings is 1. The van der Waals surface area contributed by atoms with Crippen LogP contribution in [0.1, 0.15) is 46.2 Å². The molecule has 0 atom stereocenters. The first kappa shape index (κ1) is 18.9. The van der Waals surface area contributed by atoms with E-state index in [1.807, 2.05) is 6.92 Å². The number of carbonyl (C=O) groups is 2. The van der Waals surface area contributed by atoms with E-state index < -0.39 is 17.6 Å². The monoisotopic (exact) mass is 371 g/mol. The maximum Gasteiger partial charge on any atom is 0.416 e. The molecule has 2 amide bonds. The highest BCUT2D eigenvalue weighted by Crippen LogP contribution is 2.29. The molecule has 0 radical (unpaired) electrons. The second-order valence-electron chi connectivity index (χ2n) is 5.18. The number of benzene rings is 1. The third-order valence-electron chi connectivity index (χ3n) is 3.23. The van der Waals surface area contributed by atoms with Gasteiger partial charge in [0.2, 0.25) is 0 Å². The molecule has 2 aromatic rings. The third kappa shape index (κ3) is 5.28. The van der Waals surface area contributed by atoms with Crippen LogP contribution in [0.5, 0.6) is 0 Å². The topological polar surface area (TPSA) is 71.1 Å². The maximum atomic E-state index is 12.7. The van der Waals surface area contributed by atoms with Crippen molar-refractivity contribution in [1.29, 1.82) is 0 Å². The molecule has 0 saturated heterocycles. The highest BCUT2D eigenvalue weighted by Gasteiger charge is 2.31. The summed E-state index contributed by atoms with van der Waals surface area (Å²) in [4.78, 5) is 27.9. The summed E-state index contributed by atoms with van der Waals surface area (Å²) >= 11 is 1.02. The van der Waals surface area contributed by atoms with Crippen molar-refractivity contribution in [3.63, 3.8) is 0 Å². The molecule has 0 aliphatic heterocycles. The number of aromatic nitrogens is 1. The molecule has 2 N–H and O–H groups in total. The quantitative estimate of drug-likeness (QED) is 0.756. The Kier molecular flexibility index (Phi) is 6.13. The number of rotatable bonds is 6. The van der Waals surface area contributed by atoms with Gasteiger partial charge in [0.25, 0.3) is 11.8 Å². The molecule has 1 aromatic heterocycles. The average molecular weight is 371 g/mol. The zero-order chi connectivity index (χ0) is 18.4. The van der Waals surface area contributed by atoms with E-state index in [1.165, 1.54) is 11.4 Å². The van der Waals surface area contributed by atoms with Crippen LogP contribution in [0, 0.1) is 0 Å². The molecular weight excluding hydrogens is 355 g/mol. The SMILES string of the molecule is CCCCNC(=O)c1csc(NC(=O)c2cccc(C(F)(F)F)c2)n1. The molecule has 0 bridgehead atoms. The summed E-state index contributed by atoms with van der Waals surface area (Å²) in [5.74, 6) is -1.08. The Morgan fingerprint density at radius 1 is 1.24 bits per heavy atom. The molecule has 25 heavy (non-hydrogen) atoms. The van der Waals surface area contributed by atoms with Crippen LogP contribution in [0.4, 0.5) is 18.3 Å². The van der Waals surface area contributed by atoms with Crippen molar-refractivity contribution in [3.05, 3.63) is 46.5 Å². The smallest absolute Gasteiger partial charge is 0.351 e. The second-order valence-corrected chi connectivity index (χ2v) is 6.04. The highest BCUT2D eigenvalue weighted by atomic mass is 32.1. The number of halogens is 3. The number of hydrogen-bond acceptors (Lipinski definition) is 4. The Hall–Kier alpha value is -2.42. The number of nitrogens with one attached hydrogen (secondary N) is 2. The lowest BCUT2D eigenvalue weighted by atomic mass is 10.1. The van der Waals surface area contributed by atoms with Gasteiger partial charge in [-0.15, -0.1) is 11.3 Å². The molecule has 5 nitrogen and oxygen atoms in total. The largest absolute Gasteiger partial charge is 0.416 e. The van der Waals surface area contributed by atoms with Crippen LogP contribution < -0.4 is 10.6 Å². The van der Waals surface area contributed by atoms with Crippen molar-refractivity contribution in [2.24, 2.45) is 0 Å². The van der Waals surface area contributed by atoms with E-state index in [-0.39, 0.29) is 22.3 Å². The molecule has 2 rings (SSSR count). The van der Waals surface area contributed by atoms with Gasteiger partial charge in [0, 0.05) is 17.5 Å². The zero-order valence-electron chi connectivity index (χ0n) is 13.3. The Balaban J connectivity index is 2.03. The van der Waals surface area contributed by atoms with Crippen LogP contribution in [-0.4, -0.2) is 23.3 Å². The Morgan fingerprint density at radius 2 is 2.00 bits per heavy atom. The fraction of sp³-hybridized carbons (Fsp3) is 0.312. The van der Waals surface area contributed by atoms with E-state index in [2.05, 4.69) is 15.6 Å². The van der Waals surface area contributed by atoms with Crippen LogP contribution in [0.3, 0.4) is 0 Å². The molecule has 0 unspecified atom stereocenters. The fourth-order valence-corrected chi connectivity index (χ4v) is 2.60. The minimum atomic E-state index is -4.53. The van der Waals surface area contributed by atoms with Gasteiger partial charge in [-0.3, -0.25) is 14.9 Å². The van der Waals surface area contributed by atoms with Crippen LogP contribution in [0.15, 0.2) is 29.6 Å².